The van der Waals surface area contributed by atoms with Crippen molar-refractivity contribution in [3.63, 3.8) is 0 Å². The highest BCUT2D eigenvalue weighted by atomic mass is 16.5. The smallest absolute Gasteiger partial charge is 0.326 e. The zero-order valence-electron chi connectivity index (χ0n) is 13.2. The van der Waals surface area contributed by atoms with Gasteiger partial charge < -0.3 is 25.2 Å². The minimum atomic E-state index is -1.07. The second-order valence-electron chi connectivity index (χ2n) is 4.87. The Morgan fingerprint density at radius 2 is 1.95 bits per heavy atom. The third kappa shape index (κ3) is 4.54. The summed E-state index contributed by atoms with van der Waals surface area (Å²) in [5.41, 5.74) is 0.396. The van der Waals surface area contributed by atoms with Crippen LogP contribution >= 0.6 is 0 Å². The molecule has 1 aromatic carbocycles. The van der Waals surface area contributed by atoms with Crippen molar-refractivity contribution < 1.29 is 24.2 Å². The average molecular weight is 310 g/mol. The van der Waals surface area contributed by atoms with E-state index in [0.29, 0.717) is 23.6 Å². The lowest BCUT2D eigenvalue weighted by Crippen LogP contribution is -2.46. The Balaban J connectivity index is 2.85. The molecule has 1 aromatic rings. The van der Waals surface area contributed by atoms with Crippen LogP contribution in [-0.4, -0.2) is 37.4 Å². The maximum absolute atomic E-state index is 12.0. The molecule has 122 valence electrons. The minimum Gasteiger partial charge on any atom is -0.497 e. The maximum Gasteiger partial charge on any atom is 0.326 e. The number of aliphatic carboxylic acids is 1. The van der Waals surface area contributed by atoms with Gasteiger partial charge in [0.25, 0.3) is 0 Å². The van der Waals surface area contributed by atoms with Crippen LogP contribution in [0.3, 0.4) is 0 Å². The van der Waals surface area contributed by atoms with E-state index in [1.807, 2.05) is 6.92 Å². The highest BCUT2D eigenvalue weighted by molar-refractivity contribution is 5.93. The first kappa shape index (κ1) is 17.6. The molecule has 7 nitrogen and oxygen atoms in total. The maximum atomic E-state index is 12.0. The average Bonchev–Trinajstić information content (AvgIpc) is 2.51. The molecule has 1 rings (SSSR count). The lowest BCUT2D eigenvalue weighted by molar-refractivity contribution is -0.140. The van der Waals surface area contributed by atoms with Gasteiger partial charge in [-0.3, -0.25) is 0 Å². The van der Waals surface area contributed by atoms with E-state index in [2.05, 4.69) is 10.6 Å². The van der Waals surface area contributed by atoms with Crippen molar-refractivity contribution in [1.29, 1.82) is 0 Å². The zero-order valence-corrected chi connectivity index (χ0v) is 13.2. The Bertz CT molecular complexity index is 533. The number of carbonyl (C=O) groups is 2. The molecule has 0 heterocycles. The lowest BCUT2D eigenvalue weighted by atomic mass is 9.99. The summed E-state index contributed by atoms with van der Waals surface area (Å²) in [4.78, 5) is 23.3. The minimum absolute atomic E-state index is 0.185. The van der Waals surface area contributed by atoms with Crippen LogP contribution in [0.15, 0.2) is 18.2 Å². The summed E-state index contributed by atoms with van der Waals surface area (Å²) < 4.78 is 10.2. The summed E-state index contributed by atoms with van der Waals surface area (Å²) in [6, 6.07) is 3.37. The number of hydrogen-bond donors (Lipinski definition) is 3. The number of benzene rings is 1. The quantitative estimate of drug-likeness (QED) is 0.718. The van der Waals surface area contributed by atoms with Crippen LogP contribution in [0.25, 0.3) is 0 Å². The van der Waals surface area contributed by atoms with E-state index in [-0.39, 0.29) is 5.92 Å². The molecule has 0 saturated heterocycles. The number of carboxylic acid groups (broad SMARTS) is 1. The third-order valence-corrected chi connectivity index (χ3v) is 3.42. The Morgan fingerprint density at radius 1 is 1.27 bits per heavy atom. The molecule has 0 aliphatic carbocycles. The number of nitrogens with one attached hydrogen (secondary N) is 2. The fraction of sp³-hybridized carbons (Fsp3) is 0.467. The number of urea groups is 1. The summed E-state index contributed by atoms with van der Waals surface area (Å²) in [5.74, 6) is -0.253. The Hall–Kier alpha value is -2.44. The van der Waals surface area contributed by atoms with Crippen LogP contribution in [0.5, 0.6) is 11.5 Å². The summed E-state index contributed by atoms with van der Waals surface area (Å²) >= 11 is 0. The predicted octanol–water partition coefficient (Wildman–Crippen LogP) is 2.32. The first-order chi connectivity index (χ1) is 10.4. The first-order valence-corrected chi connectivity index (χ1v) is 6.95. The molecule has 0 fully saturated rings. The van der Waals surface area contributed by atoms with Crippen molar-refractivity contribution in [2.45, 2.75) is 26.3 Å². The Kier molecular flexibility index (Phi) is 6.49. The van der Waals surface area contributed by atoms with Crippen LogP contribution in [-0.2, 0) is 4.79 Å². The monoisotopic (exact) mass is 310 g/mol. The van der Waals surface area contributed by atoms with E-state index in [0.717, 1.165) is 0 Å². The molecule has 0 aromatic heterocycles. The van der Waals surface area contributed by atoms with Gasteiger partial charge in [0, 0.05) is 6.07 Å². The molecule has 3 N–H and O–H groups in total. The van der Waals surface area contributed by atoms with E-state index in [9.17, 15) is 14.7 Å². The number of hydrogen-bond acceptors (Lipinski definition) is 4. The SMILES string of the molecule is CCC(C)C(NC(=O)Nc1cc(OC)ccc1OC)C(=O)O. The van der Waals surface area contributed by atoms with Crippen LogP contribution < -0.4 is 20.1 Å². The van der Waals surface area contributed by atoms with Crippen LogP contribution in [0.1, 0.15) is 20.3 Å². The molecule has 0 radical (unpaired) electrons. The van der Waals surface area contributed by atoms with Crippen LogP contribution in [0, 0.1) is 5.92 Å². The van der Waals surface area contributed by atoms with Crippen molar-refractivity contribution in [3.05, 3.63) is 18.2 Å². The summed E-state index contributed by atoms with van der Waals surface area (Å²) in [5, 5.41) is 14.2. The Labute approximate surface area is 129 Å². The van der Waals surface area contributed by atoms with Gasteiger partial charge in [0.05, 0.1) is 19.9 Å². The zero-order chi connectivity index (χ0) is 16.7. The number of amides is 2. The van der Waals surface area contributed by atoms with Gasteiger partial charge in [-0.1, -0.05) is 20.3 Å². The number of anilines is 1. The van der Waals surface area contributed by atoms with E-state index in [1.165, 1.54) is 14.2 Å². The van der Waals surface area contributed by atoms with Crippen LogP contribution in [0.2, 0.25) is 0 Å². The second kappa shape index (κ2) is 8.11. The fourth-order valence-electron chi connectivity index (χ4n) is 1.89. The molecule has 0 bridgehead atoms. The molecule has 7 heteroatoms. The van der Waals surface area contributed by atoms with Gasteiger partial charge in [0.2, 0.25) is 0 Å². The number of carbonyl (C=O) groups excluding carboxylic acids is 1. The van der Waals surface area contributed by atoms with Crippen molar-refractivity contribution in [2.24, 2.45) is 5.92 Å². The third-order valence-electron chi connectivity index (χ3n) is 3.42. The highest BCUT2D eigenvalue weighted by Gasteiger charge is 2.25. The van der Waals surface area contributed by atoms with Gasteiger partial charge in [-0.15, -0.1) is 0 Å². The molecule has 2 atom stereocenters. The van der Waals surface area contributed by atoms with Gasteiger partial charge >= 0.3 is 12.0 Å². The van der Waals surface area contributed by atoms with E-state index < -0.39 is 18.0 Å². The van der Waals surface area contributed by atoms with Gasteiger partial charge in [-0.25, -0.2) is 9.59 Å². The molecular formula is C15H22N2O5. The molecule has 0 aliphatic rings. The first-order valence-electron chi connectivity index (χ1n) is 6.95. The number of rotatable bonds is 7. The number of methoxy groups -OCH3 is 2. The molecule has 0 aliphatic heterocycles. The van der Waals surface area contributed by atoms with Gasteiger partial charge in [0.15, 0.2) is 0 Å². The summed E-state index contributed by atoms with van der Waals surface area (Å²) in [7, 11) is 2.99. The molecule has 0 spiro atoms. The highest BCUT2D eigenvalue weighted by Crippen LogP contribution is 2.28. The van der Waals surface area contributed by atoms with E-state index >= 15 is 0 Å². The van der Waals surface area contributed by atoms with Gasteiger partial charge in [-0.05, 0) is 18.1 Å². The number of carboxylic acids is 1. The molecule has 0 saturated carbocycles. The second-order valence-corrected chi connectivity index (χ2v) is 4.87. The van der Waals surface area contributed by atoms with Gasteiger partial charge in [0.1, 0.15) is 17.5 Å². The van der Waals surface area contributed by atoms with Crippen LogP contribution in [0.4, 0.5) is 10.5 Å². The molecule has 2 unspecified atom stereocenters. The Morgan fingerprint density at radius 3 is 2.45 bits per heavy atom. The van der Waals surface area contributed by atoms with Crippen molar-refractivity contribution >= 4 is 17.7 Å². The van der Waals surface area contributed by atoms with E-state index in [1.54, 1.807) is 25.1 Å². The van der Waals surface area contributed by atoms with Crippen molar-refractivity contribution in [2.75, 3.05) is 19.5 Å². The predicted molar refractivity (Wildman–Crippen MR) is 82.6 cm³/mol. The molecule has 2 amide bonds. The molecular weight excluding hydrogens is 288 g/mol. The largest absolute Gasteiger partial charge is 0.497 e. The fourth-order valence-corrected chi connectivity index (χ4v) is 1.89. The van der Waals surface area contributed by atoms with Gasteiger partial charge in [-0.2, -0.15) is 0 Å². The summed E-state index contributed by atoms with van der Waals surface area (Å²) in [6.07, 6.45) is 0.639. The number of ether oxygens (including phenoxy) is 2. The van der Waals surface area contributed by atoms with E-state index in [4.69, 9.17) is 9.47 Å². The summed E-state index contributed by atoms with van der Waals surface area (Å²) in [6.45, 7) is 3.64. The molecule has 22 heavy (non-hydrogen) atoms. The van der Waals surface area contributed by atoms with Crippen molar-refractivity contribution in [1.82, 2.24) is 5.32 Å². The topological polar surface area (TPSA) is 96.9 Å². The normalized spacial score (nSPS) is 12.9. The van der Waals surface area contributed by atoms with Crippen molar-refractivity contribution in [3.8, 4) is 11.5 Å². The standard InChI is InChI=1S/C15H22N2O5/c1-5-9(2)13(14(18)19)17-15(20)16-11-8-10(21-3)6-7-12(11)22-4/h6-9,13H,5H2,1-4H3,(H,18,19)(H2,16,17,20). The lowest BCUT2D eigenvalue weighted by Gasteiger charge is -2.21.